The van der Waals surface area contributed by atoms with Crippen LogP contribution in [0, 0.1) is 17.1 Å². The molecule has 1 aromatic carbocycles. The normalized spacial score (nSPS) is 10.8. The zero-order chi connectivity index (χ0) is 13.1. The topological polar surface area (TPSA) is 50.1 Å². The summed E-state index contributed by atoms with van der Waals surface area (Å²) in [4.78, 5) is 11.5. The lowest BCUT2D eigenvalue weighted by Crippen LogP contribution is -2.24. The maximum Gasteiger partial charge on any atom is 0.310 e. The van der Waals surface area contributed by atoms with E-state index in [9.17, 15) is 9.18 Å². The summed E-state index contributed by atoms with van der Waals surface area (Å²) >= 11 is 0. The highest BCUT2D eigenvalue weighted by molar-refractivity contribution is 5.73. The van der Waals surface area contributed by atoms with Gasteiger partial charge in [0.25, 0.3) is 0 Å². The standard InChI is InChI=1S/C13H14FNO2/c1-13(2,3)17-12(16)7-9-4-10(8-15)6-11(14)5-9/h4-6H,7H2,1-3H3. The number of halogens is 1. The minimum Gasteiger partial charge on any atom is -0.460 e. The summed E-state index contributed by atoms with van der Waals surface area (Å²) in [6.45, 7) is 5.28. The Bertz CT molecular complexity index is 469. The van der Waals surface area contributed by atoms with Crippen molar-refractivity contribution < 1.29 is 13.9 Å². The van der Waals surface area contributed by atoms with E-state index in [-0.39, 0.29) is 12.0 Å². The van der Waals surface area contributed by atoms with E-state index < -0.39 is 17.4 Å². The fraction of sp³-hybridized carbons (Fsp3) is 0.385. The van der Waals surface area contributed by atoms with Crippen molar-refractivity contribution >= 4 is 5.97 Å². The van der Waals surface area contributed by atoms with Crippen LogP contribution in [0.1, 0.15) is 31.9 Å². The maximum absolute atomic E-state index is 13.1. The number of hydrogen-bond donors (Lipinski definition) is 0. The molecule has 17 heavy (non-hydrogen) atoms. The zero-order valence-electron chi connectivity index (χ0n) is 10.1. The van der Waals surface area contributed by atoms with Crippen molar-refractivity contribution in [3.05, 3.63) is 35.1 Å². The summed E-state index contributed by atoms with van der Waals surface area (Å²) in [6, 6.07) is 5.67. The Hall–Kier alpha value is -1.89. The summed E-state index contributed by atoms with van der Waals surface area (Å²) in [5.74, 6) is -0.963. The molecule has 0 heterocycles. The number of carbonyl (C=O) groups is 1. The zero-order valence-corrected chi connectivity index (χ0v) is 10.1. The minimum atomic E-state index is -0.567. The molecule has 0 saturated heterocycles. The molecule has 0 fully saturated rings. The molecule has 0 N–H and O–H groups in total. The molecular weight excluding hydrogens is 221 g/mol. The van der Waals surface area contributed by atoms with Crippen LogP contribution >= 0.6 is 0 Å². The molecule has 0 aromatic heterocycles. The maximum atomic E-state index is 13.1. The molecular formula is C13H14FNO2. The van der Waals surface area contributed by atoms with E-state index in [0.29, 0.717) is 5.56 Å². The van der Waals surface area contributed by atoms with Crippen molar-refractivity contribution in [3.63, 3.8) is 0 Å². The van der Waals surface area contributed by atoms with Crippen LogP contribution in [0.4, 0.5) is 4.39 Å². The average molecular weight is 235 g/mol. The SMILES string of the molecule is CC(C)(C)OC(=O)Cc1cc(F)cc(C#N)c1. The highest BCUT2D eigenvalue weighted by Gasteiger charge is 2.16. The van der Waals surface area contributed by atoms with Crippen molar-refractivity contribution in [2.24, 2.45) is 0 Å². The molecule has 0 spiro atoms. The van der Waals surface area contributed by atoms with Gasteiger partial charge in [-0.05, 0) is 44.5 Å². The summed E-state index contributed by atoms with van der Waals surface area (Å²) < 4.78 is 18.2. The first-order valence-corrected chi connectivity index (χ1v) is 5.21. The van der Waals surface area contributed by atoms with Gasteiger partial charge in [-0.1, -0.05) is 0 Å². The van der Waals surface area contributed by atoms with E-state index in [2.05, 4.69) is 0 Å². The molecule has 4 heteroatoms. The first-order chi connectivity index (χ1) is 7.80. The largest absolute Gasteiger partial charge is 0.460 e. The van der Waals surface area contributed by atoms with E-state index in [1.54, 1.807) is 20.8 Å². The molecule has 1 aromatic rings. The monoisotopic (exact) mass is 235 g/mol. The lowest BCUT2D eigenvalue weighted by molar-refractivity contribution is -0.153. The van der Waals surface area contributed by atoms with Gasteiger partial charge in [-0.15, -0.1) is 0 Å². The number of nitriles is 1. The third-order valence-electron chi connectivity index (χ3n) is 1.86. The average Bonchev–Trinajstić information content (AvgIpc) is 2.13. The fourth-order valence-electron chi connectivity index (χ4n) is 1.36. The number of carbonyl (C=O) groups excluding carboxylic acids is 1. The highest BCUT2D eigenvalue weighted by Crippen LogP contribution is 2.13. The molecule has 0 aliphatic rings. The van der Waals surface area contributed by atoms with Gasteiger partial charge in [-0.25, -0.2) is 4.39 Å². The summed E-state index contributed by atoms with van der Waals surface area (Å²) in [7, 11) is 0. The van der Waals surface area contributed by atoms with Crippen LogP contribution in [-0.2, 0) is 16.0 Å². The van der Waals surface area contributed by atoms with Gasteiger partial charge >= 0.3 is 5.97 Å². The van der Waals surface area contributed by atoms with E-state index in [4.69, 9.17) is 10.00 Å². The van der Waals surface area contributed by atoms with Gasteiger partial charge < -0.3 is 4.74 Å². The second kappa shape index (κ2) is 4.96. The quantitative estimate of drug-likeness (QED) is 0.740. The fourth-order valence-corrected chi connectivity index (χ4v) is 1.36. The van der Waals surface area contributed by atoms with Gasteiger partial charge in [-0.2, -0.15) is 5.26 Å². The molecule has 3 nitrogen and oxygen atoms in total. The van der Waals surface area contributed by atoms with Crippen LogP contribution in [0.3, 0.4) is 0 Å². The van der Waals surface area contributed by atoms with Crippen LogP contribution in [-0.4, -0.2) is 11.6 Å². The number of nitrogens with zero attached hydrogens (tertiary/aromatic N) is 1. The highest BCUT2D eigenvalue weighted by atomic mass is 19.1. The van der Waals surface area contributed by atoms with Crippen LogP contribution in [0.5, 0.6) is 0 Å². The van der Waals surface area contributed by atoms with Crippen LogP contribution < -0.4 is 0 Å². The Morgan fingerprint density at radius 1 is 1.41 bits per heavy atom. The van der Waals surface area contributed by atoms with Crippen LogP contribution in [0.2, 0.25) is 0 Å². The molecule has 0 radical (unpaired) electrons. The van der Waals surface area contributed by atoms with E-state index >= 15 is 0 Å². The van der Waals surface area contributed by atoms with Gasteiger partial charge in [0.05, 0.1) is 18.1 Å². The molecule has 1 rings (SSSR count). The van der Waals surface area contributed by atoms with Crippen LogP contribution in [0.25, 0.3) is 0 Å². The third-order valence-corrected chi connectivity index (χ3v) is 1.86. The van der Waals surface area contributed by atoms with Crippen molar-refractivity contribution in [2.45, 2.75) is 32.8 Å². The summed E-state index contributed by atoms with van der Waals surface area (Å²) in [6.07, 6.45) is -0.0380. The molecule has 0 saturated carbocycles. The molecule has 90 valence electrons. The Balaban J connectivity index is 2.79. The molecule has 0 unspecified atom stereocenters. The molecule has 0 bridgehead atoms. The first-order valence-electron chi connectivity index (χ1n) is 5.21. The van der Waals surface area contributed by atoms with Crippen molar-refractivity contribution in [1.82, 2.24) is 0 Å². The van der Waals surface area contributed by atoms with Gasteiger partial charge in [0.2, 0.25) is 0 Å². The lowest BCUT2D eigenvalue weighted by atomic mass is 10.1. The van der Waals surface area contributed by atoms with Gasteiger partial charge in [0, 0.05) is 0 Å². The second-order valence-corrected chi connectivity index (χ2v) is 4.72. The van der Waals surface area contributed by atoms with E-state index in [1.807, 2.05) is 6.07 Å². The predicted molar refractivity (Wildman–Crippen MR) is 60.7 cm³/mol. The summed E-state index contributed by atoms with van der Waals surface area (Å²) in [5, 5.41) is 8.67. The lowest BCUT2D eigenvalue weighted by Gasteiger charge is -2.19. The Morgan fingerprint density at radius 3 is 2.59 bits per heavy atom. The Kier molecular flexibility index (Phi) is 3.84. The van der Waals surface area contributed by atoms with Gasteiger partial charge in [0.1, 0.15) is 11.4 Å². The molecule has 0 atom stereocenters. The van der Waals surface area contributed by atoms with Crippen molar-refractivity contribution in [1.29, 1.82) is 5.26 Å². The summed E-state index contributed by atoms with van der Waals surface area (Å²) in [5.41, 5.74) is 0.0713. The number of rotatable bonds is 2. The molecule has 0 aliphatic heterocycles. The number of benzene rings is 1. The Morgan fingerprint density at radius 2 is 2.06 bits per heavy atom. The molecule has 0 amide bonds. The number of ether oxygens (including phenoxy) is 1. The van der Waals surface area contributed by atoms with E-state index in [1.165, 1.54) is 12.1 Å². The van der Waals surface area contributed by atoms with Crippen LogP contribution in [0.15, 0.2) is 18.2 Å². The number of hydrogen-bond acceptors (Lipinski definition) is 3. The first kappa shape index (κ1) is 13.2. The third kappa shape index (κ3) is 4.64. The second-order valence-electron chi connectivity index (χ2n) is 4.72. The van der Waals surface area contributed by atoms with E-state index in [0.717, 1.165) is 6.07 Å². The smallest absolute Gasteiger partial charge is 0.310 e. The van der Waals surface area contributed by atoms with Crippen molar-refractivity contribution in [3.8, 4) is 6.07 Å². The Labute approximate surface area is 99.8 Å². The number of esters is 1. The molecule has 0 aliphatic carbocycles. The van der Waals surface area contributed by atoms with Crippen molar-refractivity contribution in [2.75, 3.05) is 0 Å². The van der Waals surface area contributed by atoms with Gasteiger partial charge in [-0.3, -0.25) is 4.79 Å². The van der Waals surface area contributed by atoms with Gasteiger partial charge in [0.15, 0.2) is 0 Å². The minimum absolute atomic E-state index is 0.0380. The predicted octanol–water partition coefficient (Wildman–Crippen LogP) is 2.58.